The highest BCUT2D eigenvalue weighted by molar-refractivity contribution is 6.30. The molecule has 1 N–H and O–H groups in total. The fraction of sp³-hybridized carbons (Fsp3) is 0.300. The molecule has 1 aliphatic rings. The second kappa shape index (κ2) is 12.9. The first-order chi connectivity index (χ1) is 19.9. The number of methoxy groups -OCH3 is 1. The maximum Gasteiger partial charge on any atom is 0.251 e. The molecule has 1 saturated heterocycles. The van der Waals surface area contributed by atoms with Gasteiger partial charge in [-0.3, -0.25) is 14.5 Å². The third kappa shape index (κ3) is 6.90. The maximum absolute atomic E-state index is 14.0. The molecule has 5 rings (SSSR count). The highest BCUT2D eigenvalue weighted by atomic mass is 35.5. The normalized spacial score (nSPS) is 15.3. The molecule has 4 aromatic rings. The van der Waals surface area contributed by atoms with Gasteiger partial charge in [0.15, 0.2) is 0 Å². The number of carbonyl (C=O) groups excluding carboxylic acids is 2. The zero-order valence-corrected chi connectivity index (χ0v) is 23.6. The van der Waals surface area contributed by atoms with E-state index in [9.17, 15) is 9.59 Å². The number of benzene rings is 3. The van der Waals surface area contributed by atoms with E-state index in [1.54, 1.807) is 55.6 Å². The van der Waals surface area contributed by atoms with Crippen molar-refractivity contribution in [1.29, 1.82) is 0 Å². The van der Waals surface area contributed by atoms with E-state index >= 15 is 0 Å². The van der Waals surface area contributed by atoms with E-state index in [0.29, 0.717) is 46.6 Å². The van der Waals surface area contributed by atoms with Crippen LogP contribution in [0.2, 0.25) is 5.02 Å². The van der Waals surface area contributed by atoms with Gasteiger partial charge in [-0.15, -0.1) is 10.2 Å². The monoisotopic (exact) mass is 574 g/mol. The Bertz CT molecular complexity index is 1470. The Balaban J connectivity index is 1.48. The van der Waals surface area contributed by atoms with Crippen molar-refractivity contribution in [3.63, 3.8) is 0 Å². The molecule has 2 amide bonds. The van der Waals surface area contributed by atoms with E-state index in [-0.39, 0.29) is 18.6 Å². The topological polar surface area (TPSA) is 111 Å². The molecule has 0 spiro atoms. The number of nitrogens with zero attached hydrogens (tertiary/aromatic N) is 5. The molecule has 0 radical (unpaired) electrons. The molecule has 2 atom stereocenters. The quantitative estimate of drug-likeness (QED) is 0.299. The number of anilines is 1. The van der Waals surface area contributed by atoms with Crippen LogP contribution in [0, 0.1) is 6.92 Å². The van der Waals surface area contributed by atoms with Crippen LogP contribution in [0.25, 0.3) is 11.4 Å². The van der Waals surface area contributed by atoms with Crippen molar-refractivity contribution >= 4 is 29.1 Å². The minimum absolute atomic E-state index is 0.0478. The number of tetrazole rings is 1. The Labute approximate surface area is 243 Å². The fourth-order valence-corrected chi connectivity index (χ4v) is 4.81. The number of aromatic nitrogens is 4. The molecule has 2 heterocycles. The SMILES string of the molecule is COc1ccc(N(C(=O)Cn2nnc(-c3ccc(Cl)cc3)n2)[C@H](C(=O)NC[C@@H]2CCCO2)c2ccc(C)cc2)cc1. The molecule has 10 nitrogen and oxygen atoms in total. The van der Waals surface area contributed by atoms with E-state index in [1.807, 2.05) is 31.2 Å². The lowest BCUT2D eigenvalue weighted by atomic mass is 10.0. The van der Waals surface area contributed by atoms with Gasteiger partial charge in [-0.2, -0.15) is 4.80 Å². The summed E-state index contributed by atoms with van der Waals surface area (Å²) in [6, 6.07) is 20.6. The summed E-state index contributed by atoms with van der Waals surface area (Å²) in [5.41, 5.74) is 2.94. The van der Waals surface area contributed by atoms with Crippen molar-refractivity contribution in [2.75, 3.05) is 25.2 Å². The number of rotatable bonds is 10. The standard InChI is InChI=1S/C30H31ClN6O4/c1-20-5-7-21(8-6-20)28(30(39)32-18-26-4-3-17-41-26)37(24-13-15-25(40-2)16-14-24)27(38)19-36-34-29(33-35-36)22-9-11-23(31)12-10-22/h5-16,26,28H,3-4,17-19H2,1-2H3,(H,32,39)/t26-,28-/m0/s1. The third-order valence-corrected chi connectivity index (χ3v) is 7.13. The van der Waals surface area contributed by atoms with E-state index in [0.717, 1.165) is 18.4 Å². The van der Waals surface area contributed by atoms with Gasteiger partial charge in [0.05, 0.1) is 13.2 Å². The first-order valence-electron chi connectivity index (χ1n) is 13.4. The Morgan fingerprint density at radius 3 is 2.49 bits per heavy atom. The van der Waals surface area contributed by atoms with Crippen LogP contribution in [-0.2, 0) is 20.9 Å². The van der Waals surface area contributed by atoms with Gasteiger partial charge in [0, 0.05) is 29.4 Å². The molecule has 41 heavy (non-hydrogen) atoms. The minimum atomic E-state index is -0.961. The van der Waals surface area contributed by atoms with Crippen LogP contribution < -0.4 is 15.0 Å². The molecule has 0 unspecified atom stereocenters. The molecule has 1 fully saturated rings. The molecule has 212 valence electrons. The number of hydrogen-bond donors (Lipinski definition) is 1. The highest BCUT2D eigenvalue weighted by Crippen LogP contribution is 2.30. The van der Waals surface area contributed by atoms with Crippen molar-refractivity contribution in [3.8, 4) is 17.1 Å². The summed E-state index contributed by atoms with van der Waals surface area (Å²) in [7, 11) is 1.57. The van der Waals surface area contributed by atoms with Gasteiger partial charge in [0.25, 0.3) is 5.91 Å². The number of ether oxygens (including phenoxy) is 2. The van der Waals surface area contributed by atoms with Gasteiger partial charge >= 0.3 is 0 Å². The van der Waals surface area contributed by atoms with Gasteiger partial charge in [-0.05, 0) is 79.1 Å². The molecule has 0 aliphatic carbocycles. The number of hydrogen-bond acceptors (Lipinski definition) is 7. The number of amides is 2. The molecule has 1 aromatic heterocycles. The van der Waals surface area contributed by atoms with Crippen LogP contribution in [0.1, 0.15) is 30.0 Å². The molecule has 1 aliphatic heterocycles. The number of carbonyl (C=O) groups is 2. The van der Waals surface area contributed by atoms with Crippen LogP contribution in [-0.4, -0.2) is 58.4 Å². The molecular formula is C30H31ClN6O4. The molecule has 0 saturated carbocycles. The highest BCUT2D eigenvalue weighted by Gasteiger charge is 2.34. The van der Waals surface area contributed by atoms with E-state index in [1.165, 1.54) is 9.70 Å². The number of aryl methyl sites for hydroxylation is 1. The third-order valence-electron chi connectivity index (χ3n) is 6.88. The van der Waals surface area contributed by atoms with Crippen LogP contribution in [0.15, 0.2) is 72.8 Å². The van der Waals surface area contributed by atoms with Gasteiger partial charge in [-0.1, -0.05) is 41.4 Å². The summed E-state index contributed by atoms with van der Waals surface area (Å²) in [5, 5.41) is 16.2. The van der Waals surface area contributed by atoms with Crippen LogP contribution >= 0.6 is 11.6 Å². The largest absolute Gasteiger partial charge is 0.497 e. The van der Waals surface area contributed by atoms with Crippen molar-refractivity contribution in [3.05, 3.63) is 88.9 Å². The minimum Gasteiger partial charge on any atom is -0.497 e. The van der Waals surface area contributed by atoms with Crippen LogP contribution in [0.5, 0.6) is 5.75 Å². The van der Waals surface area contributed by atoms with Crippen LogP contribution in [0.3, 0.4) is 0 Å². The predicted octanol–water partition coefficient (Wildman–Crippen LogP) is 4.38. The number of nitrogens with one attached hydrogen (secondary N) is 1. The average Bonchev–Trinajstić information content (AvgIpc) is 3.68. The molecule has 0 bridgehead atoms. The second-order valence-corrected chi connectivity index (χ2v) is 10.2. The Kier molecular flexibility index (Phi) is 8.91. The zero-order chi connectivity index (χ0) is 28.8. The molecule has 3 aromatic carbocycles. The molecular weight excluding hydrogens is 544 g/mol. The van der Waals surface area contributed by atoms with Gasteiger partial charge in [0.2, 0.25) is 11.7 Å². The summed E-state index contributed by atoms with van der Waals surface area (Å²) in [6.07, 6.45) is 1.79. The summed E-state index contributed by atoms with van der Waals surface area (Å²) in [4.78, 5) is 30.6. The Hall–Kier alpha value is -4.28. The van der Waals surface area contributed by atoms with Gasteiger partial charge in [-0.25, -0.2) is 0 Å². The van der Waals surface area contributed by atoms with E-state index in [2.05, 4.69) is 20.7 Å². The summed E-state index contributed by atoms with van der Waals surface area (Å²) in [5.74, 6) is 0.270. The van der Waals surface area contributed by atoms with Gasteiger partial charge in [0.1, 0.15) is 18.3 Å². The van der Waals surface area contributed by atoms with Crippen molar-refractivity contribution in [2.45, 2.75) is 38.5 Å². The van der Waals surface area contributed by atoms with E-state index < -0.39 is 11.9 Å². The average molecular weight is 575 g/mol. The molecule has 11 heteroatoms. The Morgan fingerprint density at radius 1 is 1.10 bits per heavy atom. The van der Waals surface area contributed by atoms with Crippen LogP contribution in [0.4, 0.5) is 5.69 Å². The van der Waals surface area contributed by atoms with Crippen molar-refractivity contribution < 1.29 is 19.1 Å². The fourth-order valence-electron chi connectivity index (χ4n) is 4.68. The lowest BCUT2D eigenvalue weighted by Gasteiger charge is -2.32. The van der Waals surface area contributed by atoms with Gasteiger partial charge < -0.3 is 14.8 Å². The summed E-state index contributed by atoms with van der Waals surface area (Å²) < 4.78 is 11.0. The maximum atomic E-state index is 14.0. The van der Waals surface area contributed by atoms with Crippen molar-refractivity contribution in [2.24, 2.45) is 0 Å². The summed E-state index contributed by atoms with van der Waals surface area (Å²) in [6.45, 7) is 2.77. The number of halogens is 1. The summed E-state index contributed by atoms with van der Waals surface area (Å²) >= 11 is 6.00. The lowest BCUT2D eigenvalue weighted by Crippen LogP contribution is -2.46. The second-order valence-electron chi connectivity index (χ2n) is 9.81. The lowest BCUT2D eigenvalue weighted by molar-refractivity contribution is -0.127. The smallest absolute Gasteiger partial charge is 0.251 e. The Morgan fingerprint density at radius 2 is 1.83 bits per heavy atom. The zero-order valence-electron chi connectivity index (χ0n) is 22.9. The van der Waals surface area contributed by atoms with Crippen molar-refractivity contribution in [1.82, 2.24) is 25.5 Å². The van der Waals surface area contributed by atoms with E-state index in [4.69, 9.17) is 21.1 Å². The predicted molar refractivity (Wildman–Crippen MR) is 155 cm³/mol. The first kappa shape index (κ1) is 28.3. The first-order valence-corrected chi connectivity index (χ1v) is 13.7.